The minimum absolute atomic E-state index is 0.401. The molecule has 0 saturated heterocycles. The second kappa shape index (κ2) is 5.94. The average molecular weight is 319 g/mol. The van der Waals surface area contributed by atoms with Gasteiger partial charge in [-0.15, -0.1) is 0 Å². The summed E-state index contributed by atoms with van der Waals surface area (Å²) in [6.45, 7) is 0. The Morgan fingerprint density at radius 3 is 2.17 bits per heavy atom. The summed E-state index contributed by atoms with van der Waals surface area (Å²) in [4.78, 5) is 4.25. The van der Waals surface area contributed by atoms with Gasteiger partial charge in [0.25, 0.3) is 0 Å². The Morgan fingerprint density at radius 2 is 1.44 bits per heavy atom. The Balaban J connectivity index is 2.35. The summed E-state index contributed by atoms with van der Waals surface area (Å²) in [6.07, 6.45) is 1.63. The largest absolute Gasteiger partial charge is 0.255 e. The zero-order valence-corrected chi connectivity index (χ0v) is 12.0. The lowest BCUT2D eigenvalue weighted by atomic mass is 10.2. The first-order valence-corrected chi connectivity index (χ1v) is 6.52. The van der Waals surface area contributed by atoms with Gasteiger partial charge in [0.1, 0.15) is 0 Å². The van der Waals surface area contributed by atoms with Gasteiger partial charge in [-0.25, -0.2) is 0 Å². The number of rotatable bonds is 2. The number of halogens is 4. The van der Waals surface area contributed by atoms with Crippen LogP contribution in [0.5, 0.6) is 0 Å². The van der Waals surface area contributed by atoms with Gasteiger partial charge in [0.2, 0.25) is 0 Å². The van der Waals surface area contributed by atoms with Crippen molar-refractivity contribution >= 4 is 58.3 Å². The van der Waals surface area contributed by atoms with E-state index in [0.717, 1.165) is 5.56 Å². The molecule has 0 radical (unpaired) electrons. The maximum atomic E-state index is 6.02. The van der Waals surface area contributed by atoms with Gasteiger partial charge in [0.15, 0.2) is 0 Å². The number of aliphatic imine (C=N–C) groups is 1. The molecule has 0 bridgehead atoms. The quantitative estimate of drug-likeness (QED) is 0.472. The van der Waals surface area contributed by atoms with E-state index >= 15 is 0 Å². The molecule has 2 aromatic carbocycles. The normalized spacial score (nSPS) is 11.1. The molecule has 0 aliphatic heterocycles. The van der Waals surface area contributed by atoms with E-state index in [2.05, 4.69) is 4.99 Å². The Labute approximate surface area is 125 Å². The van der Waals surface area contributed by atoms with Crippen LogP contribution in [0, 0.1) is 0 Å². The zero-order valence-electron chi connectivity index (χ0n) is 9.00. The van der Waals surface area contributed by atoms with Crippen molar-refractivity contribution in [1.29, 1.82) is 0 Å². The van der Waals surface area contributed by atoms with Crippen LogP contribution >= 0.6 is 46.4 Å². The number of nitrogens with zero attached hydrogens (tertiary/aromatic N) is 1. The third-order valence-corrected chi connectivity index (χ3v) is 3.61. The molecule has 0 aromatic heterocycles. The smallest absolute Gasteiger partial charge is 0.0831 e. The molecule has 1 nitrogen and oxygen atoms in total. The third-order valence-electron chi connectivity index (χ3n) is 2.24. The summed E-state index contributed by atoms with van der Waals surface area (Å²) in [7, 11) is 0. The first kappa shape index (κ1) is 13.7. The van der Waals surface area contributed by atoms with Crippen LogP contribution in [0.25, 0.3) is 0 Å². The van der Waals surface area contributed by atoms with Gasteiger partial charge in [-0.2, -0.15) is 0 Å². The first-order chi connectivity index (χ1) is 8.58. The zero-order chi connectivity index (χ0) is 13.1. The number of benzene rings is 2. The fraction of sp³-hybridized carbons (Fsp3) is 0. The van der Waals surface area contributed by atoms with E-state index in [-0.39, 0.29) is 0 Å². The maximum absolute atomic E-state index is 6.02. The van der Waals surface area contributed by atoms with Crippen molar-refractivity contribution in [3.8, 4) is 0 Å². The average Bonchev–Trinajstić information content (AvgIpc) is 2.34. The first-order valence-electron chi connectivity index (χ1n) is 5.01. The van der Waals surface area contributed by atoms with Crippen LogP contribution in [0.15, 0.2) is 41.4 Å². The Bertz CT molecular complexity index is 608. The molecule has 0 spiro atoms. The Kier molecular flexibility index (Phi) is 4.52. The van der Waals surface area contributed by atoms with Crippen LogP contribution in [-0.4, -0.2) is 6.21 Å². The van der Waals surface area contributed by atoms with Crippen LogP contribution in [0.1, 0.15) is 5.56 Å². The highest BCUT2D eigenvalue weighted by Crippen LogP contribution is 2.34. The molecule has 0 amide bonds. The van der Waals surface area contributed by atoms with Crippen molar-refractivity contribution in [2.24, 2.45) is 4.99 Å². The van der Waals surface area contributed by atoms with Gasteiger partial charge in [0.05, 0.1) is 20.8 Å². The highest BCUT2D eigenvalue weighted by Gasteiger charge is 2.04. The fourth-order valence-corrected chi connectivity index (χ4v) is 2.10. The van der Waals surface area contributed by atoms with Gasteiger partial charge in [-0.3, -0.25) is 4.99 Å². The minimum atomic E-state index is 0.401. The number of hydrogen-bond acceptors (Lipinski definition) is 1. The molecular formula is C13H7Cl4N. The Hall–Kier alpha value is -0.730. The summed E-state index contributed by atoms with van der Waals surface area (Å²) in [5.74, 6) is 0. The molecule has 0 aliphatic rings. The van der Waals surface area contributed by atoms with Crippen LogP contribution in [0.3, 0.4) is 0 Å². The van der Waals surface area contributed by atoms with Crippen molar-refractivity contribution < 1.29 is 0 Å². The fourth-order valence-electron chi connectivity index (χ4n) is 1.33. The molecule has 18 heavy (non-hydrogen) atoms. The van der Waals surface area contributed by atoms with E-state index in [0.29, 0.717) is 25.8 Å². The van der Waals surface area contributed by atoms with E-state index < -0.39 is 0 Å². The molecule has 0 aliphatic carbocycles. The van der Waals surface area contributed by atoms with Crippen LogP contribution < -0.4 is 0 Å². The Morgan fingerprint density at radius 1 is 0.778 bits per heavy atom. The van der Waals surface area contributed by atoms with Crippen molar-refractivity contribution in [2.45, 2.75) is 0 Å². The summed E-state index contributed by atoms with van der Waals surface area (Å²) in [5.41, 5.74) is 1.35. The molecule has 0 N–H and O–H groups in total. The SMILES string of the molecule is Clc1cc(Cl)c(N=Cc2ccccc2Cl)cc1Cl. The highest BCUT2D eigenvalue weighted by molar-refractivity contribution is 6.44. The molecule has 0 unspecified atom stereocenters. The summed E-state index contributed by atoms with van der Waals surface area (Å²) < 4.78 is 0. The molecule has 2 rings (SSSR count). The second-order valence-corrected chi connectivity index (χ2v) is 5.13. The second-order valence-electron chi connectivity index (χ2n) is 3.50. The summed E-state index contributed by atoms with van der Waals surface area (Å²) in [5, 5.41) is 1.87. The predicted molar refractivity (Wildman–Crippen MR) is 80.2 cm³/mol. The van der Waals surface area contributed by atoms with Crippen molar-refractivity contribution in [3.05, 3.63) is 62.1 Å². The lowest BCUT2D eigenvalue weighted by Gasteiger charge is -2.01. The van der Waals surface area contributed by atoms with Crippen LogP contribution in [0.2, 0.25) is 20.1 Å². The molecule has 0 heterocycles. The van der Waals surface area contributed by atoms with Gasteiger partial charge in [-0.1, -0.05) is 64.6 Å². The van der Waals surface area contributed by atoms with Crippen molar-refractivity contribution in [2.75, 3.05) is 0 Å². The molecule has 0 fully saturated rings. The van der Waals surface area contributed by atoms with E-state index in [1.807, 2.05) is 18.2 Å². The standard InChI is InChI=1S/C13H7Cl4N/c14-9-4-2-1-3-8(9)7-18-13-6-11(16)10(15)5-12(13)17/h1-7H. The van der Waals surface area contributed by atoms with E-state index in [1.54, 1.807) is 24.4 Å². The molecule has 0 atom stereocenters. The van der Waals surface area contributed by atoms with E-state index in [4.69, 9.17) is 46.4 Å². The molecule has 5 heteroatoms. The van der Waals surface area contributed by atoms with Crippen molar-refractivity contribution in [1.82, 2.24) is 0 Å². The summed E-state index contributed by atoms with van der Waals surface area (Å²) >= 11 is 23.8. The van der Waals surface area contributed by atoms with E-state index in [1.165, 1.54) is 0 Å². The monoisotopic (exact) mass is 317 g/mol. The van der Waals surface area contributed by atoms with E-state index in [9.17, 15) is 0 Å². The summed E-state index contributed by atoms with van der Waals surface area (Å²) in [6, 6.07) is 10.6. The van der Waals surface area contributed by atoms with Crippen molar-refractivity contribution in [3.63, 3.8) is 0 Å². The molecule has 92 valence electrons. The predicted octanol–water partition coefficient (Wildman–Crippen LogP) is 6.05. The minimum Gasteiger partial charge on any atom is -0.255 e. The van der Waals surface area contributed by atoms with Gasteiger partial charge < -0.3 is 0 Å². The maximum Gasteiger partial charge on any atom is 0.0831 e. The topological polar surface area (TPSA) is 12.4 Å². The van der Waals surface area contributed by atoms with Crippen LogP contribution in [-0.2, 0) is 0 Å². The van der Waals surface area contributed by atoms with Gasteiger partial charge in [0, 0.05) is 16.8 Å². The van der Waals surface area contributed by atoms with Gasteiger partial charge >= 0.3 is 0 Å². The highest BCUT2D eigenvalue weighted by atomic mass is 35.5. The molecule has 2 aromatic rings. The third kappa shape index (κ3) is 3.18. The molecule has 0 saturated carbocycles. The number of hydrogen-bond donors (Lipinski definition) is 0. The lowest BCUT2D eigenvalue weighted by Crippen LogP contribution is -1.82. The van der Waals surface area contributed by atoms with Crippen LogP contribution in [0.4, 0.5) is 5.69 Å². The van der Waals surface area contributed by atoms with Gasteiger partial charge in [-0.05, 0) is 18.2 Å². The lowest BCUT2D eigenvalue weighted by molar-refractivity contribution is 1.52. The molecular weight excluding hydrogens is 312 g/mol.